The topological polar surface area (TPSA) is 102 Å². The third-order valence-electron chi connectivity index (χ3n) is 6.76. The summed E-state index contributed by atoms with van der Waals surface area (Å²) in [6.07, 6.45) is 5.49. The Morgan fingerprint density at radius 2 is 1.35 bits per heavy atom. The van der Waals surface area contributed by atoms with Crippen molar-refractivity contribution in [3.05, 3.63) is 84.8 Å². The van der Waals surface area contributed by atoms with Crippen LogP contribution in [0.4, 0.5) is 5.95 Å². The lowest BCUT2D eigenvalue weighted by atomic mass is 10.0. The van der Waals surface area contributed by atoms with E-state index in [0.29, 0.717) is 30.9 Å². The van der Waals surface area contributed by atoms with E-state index in [2.05, 4.69) is 35.3 Å². The van der Waals surface area contributed by atoms with Crippen molar-refractivity contribution in [2.45, 2.75) is 32.0 Å². The molecule has 10 heteroatoms. The monoisotopic (exact) mass is 496 g/mol. The van der Waals surface area contributed by atoms with Gasteiger partial charge in [-0.1, -0.05) is 65.8 Å². The Kier molecular flexibility index (Phi) is 6.47. The molecule has 0 spiro atoms. The van der Waals surface area contributed by atoms with Crippen LogP contribution in [0.15, 0.2) is 81.9 Å². The summed E-state index contributed by atoms with van der Waals surface area (Å²) in [6.45, 7) is 2.84. The first-order valence-corrected chi connectivity index (χ1v) is 12.4. The molecule has 0 N–H and O–H groups in total. The number of nitrogens with zero attached hydrogens (tertiary/aromatic N) is 8. The second-order valence-electron chi connectivity index (χ2n) is 9.19. The zero-order chi connectivity index (χ0) is 25.0. The van der Waals surface area contributed by atoms with Crippen molar-refractivity contribution in [1.29, 1.82) is 0 Å². The van der Waals surface area contributed by atoms with Gasteiger partial charge in [-0.05, 0) is 23.3 Å². The minimum Gasteiger partial charge on any atom is -0.439 e. The van der Waals surface area contributed by atoms with Crippen LogP contribution in [0.2, 0.25) is 0 Å². The fourth-order valence-electron chi connectivity index (χ4n) is 4.82. The summed E-state index contributed by atoms with van der Waals surface area (Å²) in [5.41, 5.74) is 2.03. The van der Waals surface area contributed by atoms with Crippen molar-refractivity contribution in [2.24, 2.45) is 7.05 Å². The molecule has 0 unspecified atom stereocenters. The maximum atomic E-state index is 6.15. The number of benzene rings is 2. The van der Waals surface area contributed by atoms with E-state index in [1.54, 1.807) is 17.1 Å². The van der Waals surface area contributed by atoms with E-state index in [-0.39, 0.29) is 0 Å². The molecule has 3 aromatic heterocycles. The van der Waals surface area contributed by atoms with Crippen LogP contribution in [0.5, 0.6) is 0 Å². The highest BCUT2D eigenvalue weighted by Gasteiger charge is 2.29. The average molecular weight is 497 g/mol. The highest BCUT2D eigenvalue weighted by molar-refractivity contribution is 5.56. The normalized spacial score (nSPS) is 14.5. The number of rotatable bonds is 8. The molecular formula is C27H28N8O2. The van der Waals surface area contributed by atoms with E-state index < -0.39 is 0 Å². The number of aromatic nitrogens is 6. The number of anilines is 1. The summed E-state index contributed by atoms with van der Waals surface area (Å²) in [4.78, 5) is 13.8. The summed E-state index contributed by atoms with van der Waals surface area (Å²) in [6, 6.07) is 20.4. The molecule has 1 saturated heterocycles. The van der Waals surface area contributed by atoms with Crippen molar-refractivity contribution in [3.8, 4) is 22.6 Å². The molecule has 1 aliphatic heterocycles. The molecule has 2 aromatic carbocycles. The SMILES string of the molecule is Cn1nnnc1N1CCC(N(Cc2ncc(-c3ccccc3)o2)Cc2ncc(-c3ccccc3)o2)CC1. The molecule has 0 bridgehead atoms. The number of hydrogen-bond donors (Lipinski definition) is 0. The fourth-order valence-corrected chi connectivity index (χ4v) is 4.82. The summed E-state index contributed by atoms with van der Waals surface area (Å²) in [7, 11) is 1.87. The van der Waals surface area contributed by atoms with Crippen LogP contribution < -0.4 is 4.90 Å². The van der Waals surface area contributed by atoms with Gasteiger partial charge in [-0.25, -0.2) is 14.6 Å². The van der Waals surface area contributed by atoms with Gasteiger partial charge in [-0.15, -0.1) is 0 Å². The maximum absolute atomic E-state index is 6.15. The van der Waals surface area contributed by atoms with Gasteiger partial charge in [0.2, 0.25) is 17.7 Å². The predicted octanol–water partition coefficient (Wildman–Crippen LogP) is 4.19. The van der Waals surface area contributed by atoms with Crippen molar-refractivity contribution >= 4 is 5.95 Å². The first-order chi connectivity index (χ1) is 18.2. The zero-order valence-corrected chi connectivity index (χ0v) is 20.6. The highest BCUT2D eigenvalue weighted by atomic mass is 16.4. The Bertz CT molecular complexity index is 1340. The average Bonchev–Trinajstić information content (AvgIpc) is 3.71. The van der Waals surface area contributed by atoms with Gasteiger partial charge in [0.05, 0.1) is 25.5 Å². The smallest absolute Gasteiger partial charge is 0.245 e. The number of piperidine rings is 1. The molecule has 0 saturated carbocycles. The minimum absolute atomic E-state index is 0.302. The second kappa shape index (κ2) is 10.4. The van der Waals surface area contributed by atoms with Gasteiger partial charge >= 0.3 is 0 Å². The van der Waals surface area contributed by atoms with E-state index in [1.807, 2.05) is 67.7 Å². The molecule has 0 aliphatic carbocycles. The van der Waals surface area contributed by atoms with Gasteiger partial charge in [0.1, 0.15) is 0 Å². The van der Waals surface area contributed by atoms with Crippen molar-refractivity contribution in [1.82, 2.24) is 35.1 Å². The number of oxazole rings is 2. The molecule has 1 fully saturated rings. The van der Waals surface area contributed by atoms with Gasteiger partial charge < -0.3 is 13.7 Å². The molecule has 6 rings (SSSR count). The first-order valence-electron chi connectivity index (χ1n) is 12.4. The van der Waals surface area contributed by atoms with Gasteiger partial charge in [-0.2, -0.15) is 0 Å². The summed E-state index contributed by atoms with van der Waals surface area (Å²) >= 11 is 0. The van der Waals surface area contributed by atoms with E-state index >= 15 is 0 Å². The molecular weight excluding hydrogens is 468 g/mol. The molecule has 188 valence electrons. The van der Waals surface area contributed by atoms with Crippen molar-refractivity contribution < 1.29 is 8.83 Å². The molecule has 1 aliphatic rings. The Morgan fingerprint density at radius 1 is 0.811 bits per heavy atom. The Labute approximate surface area is 214 Å². The lowest BCUT2D eigenvalue weighted by Crippen LogP contribution is -2.45. The van der Waals surface area contributed by atoms with Crippen LogP contribution >= 0.6 is 0 Å². The first kappa shape index (κ1) is 23.1. The zero-order valence-electron chi connectivity index (χ0n) is 20.6. The van der Waals surface area contributed by atoms with Crippen molar-refractivity contribution in [2.75, 3.05) is 18.0 Å². The van der Waals surface area contributed by atoms with E-state index in [9.17, 15) is 0 Å². The third-order valence-corrected chi connectivity index (χ3v) is 6.76. The second-order valence-corrected chi connectivity index (χ2v) is 9.19. The number of tetrazole rings is 1. The maximum Gasteiger partial charge on any atom is 0.245 e. The van der Waals surface area contributed by atoms with Crippen LogP contribution in [0.3, 0.4) is 0 Å². The van der Waals surface area contributed by atoms with Crippen LogP contribution in [-0.2, 0) is 20.1 Å². The Balaban J connectivity index is 1.21. The van der Waals surface area contributed by atoms with E-state index in [0.717, 1.165) is 54.5 Å². The summed E-state index contributed by atoms with van der Waals surface area (Å²) < 4.78 is 14.0. The largest absolute Gasteiger partial charge is 0.439 e. The van der Waals surface area contributed by atoms with Crippen LogP contribution in [-0.4, -0.2) is 54.2 Å². The van der Waals surface area contributed by atoms with Gasteiger partial charge in [0.25, 0.3) is 0 Å². The highest BCUT2D eigenvalue weighted by Crippen LogP contribution is 2.27. The third kappa shape index (κ3) is 5.14. The Hall–Kier alpha value is -4.31. The Morgan fingerprint density at radius 3 is 1.84 bits per heavy atom. The van der Waals surface area contributed by atoms with Crippen LogP contribution in [0.1, 0.15) is 24.6 Å². The summed E-state index contributed by atoms with van der Waals surface area (Å²) in [5.74, 6) is 3.68. The molecule has 10 nitrogen and oxygen atoms in total. The lowest BCUT2D eigenvalue weighted by molar-refractivity contribution is 0.126. The van der Waals surface area contributed by atoms with Gasteiger partial charge in [-0.3, -0.25) is 4.90 Å². The lowest BCUT2D eigenvalue weighted by Gasteiger charge is -2.37. The molecule has 0 atom stereocenters. The number of aryl methyl sites for hydroxylation is 1. The molecule has 5 aromatic rings. The quantitative estimate of drug-likeness (QED) is 0.313. The van der Waals surface area contributed by atoms with Crippen LogP contribution in [0.25, 0.3) is 22.6 Å². The van der Waals surface area contributed by atoms with Crippen LogP contribution in [0, 0.1) is 0 Å². The molecule has 4 heterocycles. The van der Waals surface area contributed by atoms with Crippen molar-refractivity contribution in [3.63, 3.8) is 0 Å². The van der Waals surface area contributed by atoms with Gasteiger partial charge in [0.15, 0.2) is 11.5 Å². The molecule has 0 radical (unpaired) electrons. The molecule has 0 amide bonds. The van der Waals surface area contributed by atoms with E-state index in [1.165, 1.54) is 0 Å². The fraction of sp³-hybridized carbons (Fsp3) is 0.296. The van der Waals surface area contributed by atoms with E-state index in [4.69, 9.17) is 8.83 Å². The number of hydrogen-bond acceptors (Lipinski definition) is 9. The predicted molar refractivity (Wildman–Crippen MR) is 137 cm³/mol. The van der Waals surface area contributed by atoms with Gasteiger partial charge in [0, 0.05) is 37.3 Å². The minimum atomic E-state index is 0.302. The standard InChI is InChI=1S/C27H28N8O2/c1-33-27(30-31-32-33)34-14-12-22(13-15-34)35(18-25-28-16-23(36-25)20-8-4-2-5-9-20)19-26-29-17-24(37-26)21-10-6-3-7-11-21/h2-11,16-17,22H,12-15,18-19H2,1H3. The summed E-state index contributed by atoms with van der Waals surface area (Å²) in [5, 5.41) is 11.9. The molecule has 37 heavy (non-hydrogen) atoms.